The second-order valence-electron chi connectivity index (χ2n) is 5.56. The molecule has 1 heterocycles. The number of halogens is 1. The predicted octanol–water partition coefficient (Wildman–Crippen LogP) is 4.19. The fourth-order valence-corrected chi connectivity index (χ4v) is 3.33. The molecule has 1 atom stereocenters. The van der Waals surface area contributed by atoms with Gasteiger partial charge in [0.2, 0.25) is 5.91 Å². The van der Waals surface area contributed by atoms with E-state index in [1.807, 2.05) is 49.4 Å². The maximum atomic E-state index is 12.2. The Labute approximate surface area is 155 Å². The topological polar surface area (TPSA) is 67.0 Å². The summed E-state index contributed by atoms with van der Waals surface area (Å²) >= 11 is 7.35. The van der Waals surface area contributed by atoms with Crippen LogP contribution in [0, 0.1) is 0 Å². The van der Waals surface area contributed by atoms with E-state index < -0.39 is 0 Å². The van der Waals surface area contributed by atoms with Gasteiger partial charge in [0.05, 0.1) is 29.9 Å². The number of carbonyl (C=O) groups excluding carboxylic acids is 1. The van der Waals surface area contributed by atoms with Crippen molar-refractivity contribution in [2.75, 3.05) is 12.9 Å². The third kappa shape index (κ3) is 4.46. The molecular weight excluding hydrogens is 358 g/mol. The lowest BCUT2D eigenvalue weighted by Crippen LogP contribution is -2.28. The van der Waals surface area contributed by atoms with Gasteiger partial charge in [-0.3, -0.25) is 4.79 Å². The Bertz CT molecular complexity index is 897. The summed E-state index contributed by atoms with van der Waals surface area (Å²) < 4.78 is 5.20. The summed E-state index contributed by atoms with van der Waals surface area (Å²) in [7, 11) is 1.62. The summed E-state index contributed by atoms with van der Waals surface area (Å²) in [5, 5.41) is 4.33. The van der Waals surface area contributed by atoms with E-state index in [4.69, 9.17) is 16.3 Å². The van der Waals surface area contributed by atoms with Crippen LogP contribution in [0.15, 0.2) is 47.6 Å². The Morgan fingerprint density at radius 1 is 1.36 bits per heavy atom. The van der Waals surface area contributed by atoms with E-state index in [9.17, 15) is 4.79 Å². The first-order chi connectivity index (χ1) is 12.0. The first-order valence-electron chi connectivity index (χ1n) is 7.76. The van der Waals surface area contributed by atoms with E-state index >= 15 is 0 Å². The Balaban J connectivity index is 1.58. The molecule has 5 nitrogen and oxygen atoms in total. The van der Waals surface area contributed by atoms with Crippen LogP contribution in [0.4, 0.5) is 0 Å². The number of aromatic amines is 1. The third-order valence-corrected chi connectivity index (χ3v) is 4.84. The predicted molar refractivity (Wildman–Crippen MR) is 101 cm³/mol. The molecule has 3 aromatic rings. The van der Waals surface area contributed by atoms with E-state index in [1.165, 1.54) is 11.8 Å². The van der Waals surface area contributed by atoms with Crippen LogP contribution in [0.3, 0.4) is 0 Å². The average molecular weight is 376 g/mol. The molecule has 0 radical (unpaired) electrons. The first kappa shape index (κ1) is 17.6. The highest BCUT2D eigenvalue weighted by Crippen LogP contribution is 2.23. The van der Waals surface area contributed by atoms with Crippen LogP contribution in [0.1, 0.15) is 18.5 Å². The number of nitrogens with zero attached hydrogens (tertiary/aromatic N) is 1. The summed E-state index contributed by atoms with van der Waals surface area (Å²) in [5.41, 5.74) is 2.70. The summed E-state index contributed by atoms with van der Waals surface area (Å²) in [6.45, 7) is 1.93. The van der Waals surface area contributed by atoms with Crippen molar-refractivity contribution in [1.29, 1.82) is 0 Å². The SMILES string of the molecule is COc1ccc2nc(SCC(=O)N[C@@H](C)c3cccc(Cl)c3)[nH]c2c1. The Hall–Kier alpha value is -2.18. The van der Waals surface area contributed by atoms with Crippen molar-refractivity contribution in [3.63, 3.8) is 0 Å². The molecule has 0 unspecified atom stereocenters. The van der Waals surface area contributed by atoms with Gasteiger partial charge < -0.3 is 15.0 Å². The molecule has 2 aromatic carbocycles. The molecule has 1 aromatic heterocycles. The van der Waals surface area contributed by atoms with Gasteiger partial charge in [-0.15, -0.1) is 0 Å². The fraction of sp³-hybridized carbons (Fsp3) is 0.222. The van der Waals surface area contributed by atoms with E-state index in [2.05, 4.69) is 15.3 Å². The smallest absolute Gasteiger partial charge is 0.230 e. The van der Waals surface area contributed by atoms with Crippen molar-refractivity contribution >= 4 is 40.3 Å². The molecule has 0 aliphatic rings. The van der Waals surface area contributed by atoms with Crippen molar-refractivity contribution in [3.05, 3.63) is 53.1 Å². The van der Waals surface area contributed by atoms with Crippen molar-refractivity contribution in [3.8, 4) is 5.75 Å². The second kappa shape index (κ2) is 7.80. The average Bonchev–Trinajstić information content (AvgIpc) is 3.01. The molecule has 0 fully saturated rings. The fourth-order valence-electron chi connectivity index (χ4n) is 2.44. The van der Waals surface area contributed by atoms with Gasteiger partial charge >= 0.3 is 0 Å². The molecule has 130 valence electrons. The molecule has 0 aliphatic heterocycles. The van der Waals surface area contributed by atoms with Crippen LogP contribution >= 0.6 is 23.4 Å². The van der Waals surface area contributed by atoms with Crippen LogP contribution in [0.2, 0.25) is 5.02 Å². The quantitative estimate of drug-likeness (QED) is 0.634. The number of rotatable bonds is 6. The van der Waals surface area contributed by atoms with Crippen LogP contribution in [-0.4, -0.2) is 28.7 Å². The minimum atomic E-state index is -0.105. The zero-order chi connectivity index (χ0) is 17.8. The summed E-state index contributed by atoms with van der Waals surface area (Å²) in [5.74, 6) is 0.985. The number of carbonyl (C=O) groups is 1. The van der Waals surface area contributed by atoms with Crippen LogP contribution in [0.25, 0.3) is 11.0 Å². The Morgan fingerprint density at radius 2 is 2.20 bits per heavy atom. The van der Waals surface area contributed by atoms with Gasteiger partial charge in [-0.1, -0.05) is 35.5 Å². The molecular formula is C18H18ClN3O2S. The largest absolute Gasteiger partial charge is 0.497 e. The number of imidazole rings is 1. The van der Waals surface area contributed by atoms with Gasteiger partial charge in [-0.2, -0.15) is 0 Å². The summed E-state index contributed by atoms with van der Waals surface area (Å²) in [4.78, 5) is 19.8. The highest BCUT2D eigenvalue weighted by molar-refractivity contribution is 7.99. The van der Waals surface area contributed by atoms with Crippen molar-refractivity contribution < 1.29 is 9.53 Å². The highest BCUT2D eigenvalue weighted by Gasteiger charge is 2.12. The van der Waals surface area contributed by atoms with E-state index in [1.54, 1.807) is 7.11 Å². The monoisotopic (exact) mass is 375 g/mol. The van der Waals surface area contributed by atoms with Crippen molar-refractivity contribution in [2.24, 2.45) is 0 Å². The number of nitrogens with one attached hydrogen (secondary N) is 2. The number of fused-ring (bicyclic) bond motifs is 1. The third-order valence-electron chi connectivity index (χ3n) is 3.73. The zero-order valence-corrected chi connectivity index (χ0v) is 15.4. The number of benzene rings is 2. The standard InChI is InChI=1S/C18H18ClN3O2S/c1-11(12-4-3-5-13(19)8-12)20-17(23)10-25-18-21-15-7-6-14(24-2)9-16(15)22-18/h3-9,11H,10H2,1-2H3,(H,20,23)(H,21,22)/t11-/m0/s1. The van der Waals surface area contributed by atoms with Crippen LogP contribution < -0.4 is 10.1 Å². The van der Waals surface area contributed by atoms with Gasteiger partial charge in [0.1, 0.15) is 5.75 Å². The van der Waals surface area contributed by atoms with Gasteiger partial charge in [0.25, 0.3) is 0 Å². The minimum absolute atomic E-state index is 0.0597. The molecule has 3 rings (SSSR count). The first-order valence-corrected chi connectivity index (χ1v) is 9.13. The number of aromatic nitrogens is 2. The molecule has 0 aliphatic carbocycles. The lowest BCUT2D eigenvalue weighted by molar-refractivity contribution is -0.119. The molecule has 0 saturated carbocycles. The molecule has 0 saturated heterocycles. The number of methoxy groups -OCH3 is 1. The number of hydrogen-bond acceptors (Lipinski definition) is 4. The van der Waals surface area contributed by atoms with Gasteiger partial charge in [-0.25, -0.2) is 4.98 Å². The zero-order valence-electron chi connectivity index (χ0n) is 13.9. The van der Waals surface area contributed by atoms with Gasteiger partial charge in [-0.05, 0) is 36.8 Å². The molecule has 0 spiro atoms. The molecule has 7 heteroatoms. The lowest BCUT2D eigenvalue weighted by atomic mass is 10.1. The lowest BCUT2D eigenvalue weighted by Gasteiger charge is -2.14. The molecule has 2 N–H and O–H groups in total. The highest BCUT2D eigenvalue weighted by atomic mass is 35.5. The van der Waals surface area contributed by atoms with Crippen molar-refractivity contribution in [2.45, 2.75) is 18.1 Å². The summed E-state index contributed by atoms with van der Waals surface area (Å²) in [6, 6.07) is 13.0. The number of hydrogen-bond donors (Lipinski definition) is 2. The molecule has 0 bridgehead atoms. The maximum absolute atomic E-state index is 12.2. The van der Waals surface area contributed by atoms with Crippen LogP contribution in [-0.2, 0) is 4.79 Å². The minimum Gasteiger partial charge on any atom is -0.497 e. The number of amides is 1. The van der Waals surface area contributed by atoms with E-state index in [0.717, 1.165) is 22.3 Å². The Morgan fingerprint density at radius 3 is 2.96 bits per heavy atom. The van der Waals surface area contributed by atoms with Crippen LogP contribution in [0.5, 0.6) is 5.75 Å². The van der Waals surface area contributed by atoms with Crippen molar-refractivity contribution in [1.82, 2.24) is 15.3 Å². The van der Waals surface area contributed by atoms with Gasteiger partial charge in [0.15, 0.2) is 5.16 Å². The maximum Gasteiger partial charge on any atom is 0.230 e. The van der Waals surface area contributed by atoms with Gasteiger partial charge in [0, 0.05) is 11.1 Å². The summed E-state index contributed by atoms with van der Waals surface area (Å²) in [6.07, 6.45) is 0. The molecule has 1 amide bonds. The number of ether oxygens (including phenoxy) is 1. The van der Waals surface area contributed by atoms with E-state index in [0.29, 0.717) is 10.2 Å². The number of thioether (sulfide) groups is 1. The number of H-pyrrole nitrogens is 1. The van der Waals surface area contributed by atoms with E-state index in [-0.39, 0.29) is 17.7 Å². The normalized spacial score (nSPS) is 12.1. The molecule has 25 heavy (non-hydrogen) atoms. The Kier molecular flexibility index (Phi) is 5.50. The second-order valence-corrected chi connectivity index (χ2v) is 6.96.